The highest BCUT2D eigenvalue weighted by atomic mass is 32.2. The number of aromatic nitrogens is 1. The number of halogens is 3. The Kier molecular flexibility index (Phi) is 4.88. The lowest BCUT2D eigenvalue weighted by molar-refractivity contribution is -0.0329. The number of rotatable bonds is 5. The maximum atomic E-state index is 11.8. The van der Waals surface area contributed by atoms with Crippen LogP contribution in [0.3, 0.4) is 0 Å². The summed E-state index contributed by atoms with van der Waals surface area (Å²) in [7, 11) is 0. The Morgan fingerprint density at radius 2 is 2.12 bits per heavy atom. The molecule has 0 saturated heterocycles. The summed E-state index contributed by atoms with van der Waals surface area (Å²) in [6.07, 6.45) is 1.44. The Morgan fingerprint density at radius 3 is 2.62 bits per heavy atom. The van der Waals surface area contributed by atoms with Gasteiger partial charge in [-0.3, -0.25) is 4.98 Å². The van der Waals surface area contributed by atoms with Crippen LogP contribution < -0.4 is 10.5 Å². The fraction of sp³-hybridized carbons (Fsp3) is 0.444. The third-order valence-corrected chi connectivity index (χ3v) is 2.32. The highest BCUT2D eigenvalue weighted by Gasteiger charge is 2.27. The zero-order valence-electron chi connectivity index (χ0n) is 8.33. The molecular formula is C9H11F3N2OS. The summed E-state index contributed by atoms with van der Waals surface area (Å²) in [4.78, 5) is 3.95. The molecule has 1 aromatic rings. The minimum atomic E-state index is -4.20. The molecule has 1 rings (SSSR count). The number of hydrogen-bond acceptors (Lipinski definition) is 4. The van der Waals surface area contributed by atoms with Crippen molar-refractivity contribution < 1.29 is 17.9 Å². The van der Waals surface area contributed by atoms with Crippen molar-refractivity contribution in [2.24, 2.45) is 5.73 Å². The lowest BCUT2D eigenvalue weighted by Gasteiger charge is -2.07. The molecule has 90 valence electrons. The minimum Gasteiger partial charge on any atom is -0.491 e. The van der Waals surface area contributed by atoms with Gasteiger partial charge in [-0.1, -0.05) is 0 Å². The number of hydrogen-bond donors (Lipinski definition) is 1. The van der Waals surface area contributed by atoms with Crippen LogP contribution in [0.15, 0.2) is 18.3 Å². The zero-order valence-corrected chi connectivity index (χ0v) is 9.14. The van der Waals surface area contributed by atoms with Gasteiger partial charge in [0.2, 0.25) is 0 Å². The lowest BCUT2D eigenvalue weighted by Crippen LogP contribution is -2.07. The van der Waals surface area contributed by atoms with Crippen LogP contribution >= 0.6 is 11.8 Å². The second kappa shape index (κ2) is 5.95. The summed E-state index contributed by atoms with van der Waals surface area (Å²) in [6.45, 7) is 0.317. The second-order valence-electron chi connectivity index (χ2n) is 2.83. The molecule has 0 fully saturated rings. The molecule has 1 heterocycles. The van der Waals surface area contributed by atoms with Crippen molar-refractivity contribution in [1.29, 1.82) is 0 Å². The van der Waals surface area contributed by atoms with E-state index >= 15 is 0 Å². The summed E-state index contributed by atoms with van der Waals surface area (Å²) in [5.74, 6) is 0.308. The first-order valence-electron chi connectivity index (χ1n) is 4.50. The first-order chi connectivity index (χ1) is 7.51. The summed E-state index contributed by atoms with van der Waals surface area (Å²) in [5, 5.41) is 0. The maximum Gasteiger partial charge on any atom is 0.441 e. The van der Waals surface area contributed by atoms with Gasteiger partial charge in [0.25, 0.3) is 0 Å². The predicted octanol–water partition coefficient (Wildman–Crippen LogP) is 2.17. The first kappa shape index (κ1) is 13.1. The molecule has 0 unspecified atom stereocenters. The molecule has 3 nitrogen and oxygen atoms in total. The first-order valence-corrected chi connectivity index (χ1v) is 5.48. The van der Waals surface area contributed by atoms with Gasteiger partial charge in [0.1, 0.15) is 5.75 Å². The van der Waals surface area contributed by atoms with Gasteiger partial charge in [-0.2, -0.15) is 13.2 Å². The third-order valence-electron chi connectivity index (χ3n) is 1.62. The van der Waals surface area contributed by atoms with E-state index in [1.807, 2.05) is 0 Å². The Bertz CT molecular complexity index is 316. The molecular weight excluding hydrogens is 241 g/mol. The quantitative estimate of drug-likeness (QED) is 0.816. The molecule has 0 aliphatic carbocycles. The van der Waals surface area contributed by atoms with E-state index < -0.39 is 5.51 Å². The summed E-state index contributed by atoms with van der Waals surface area (Å²) in [6, 6.07) is 3.31. The smallest absolute Gasteiger partial charge is 0.441 e. The highest BCUT2D eigenvalue weighted by Crippen LogP contribution is 2.29. The van der Waals surface area contributed by atoms with Crippen LogP contribution in [0.2, 0.25) is 0 Å². The third kappa shape index (κ3) is 5.22. The number of pyridine rings is 1. The SMILES string of the molecule is NCc1ccc(OCCSC(F)(F)F)cn1. The van der Waals surface area contributed by atoms with Gasteiger partial charge in [0.15, 0.2) is 0 Å². The summed E-state index contributed by atoms with van der Waals surface area (Å²) in [5.41, 5.74) is 1.84. The van der Waals surface area contributed by atoms with E-state index in [0.717, 1.165) is 0 Å². The van der Waals surface area contributed by atoms with E-state index in [4.69, 9.17) is 10.5 Å². The van der Waals surface area contributed by atoms with Gasteiger partial charge in [-0.25, -0.2) is 0 Å². The summed E-state index contributed by atoms with van der Waals surface area (Å²) >= 11 is -0.105. The lowest BCUT2D eigenvalue weighted by atomic mass is 10.3. The Morgan fingerprint density at radius 1 is 1.38 bits per heavy atom. The van der Waals surface area contributed by atoms with Crippen molar-refractivity contribution in [3.63, 3.8) is 0 Å². The van der Waals surface area contributed by atoms with Crippen molar-refractivity contribution in [2.45, 2.75) is 12.1 Å². The molecule has 1 aromatic heterocycles. The van der Waals surface area contributed by atoms with E-state index in [-0.39, 0.29) is 24.1 Å². The maximum absolute atomic E-state index is 11.8. The molecule has 0 aliphatic heterocycles. The van der Waals surface area contributed by atoms with Gasteiger partial charge >= 0.3 is 5.51 Å². The van der Waals surface area contributed by atoms with E-state index in [2.05, 4.69) is 4.98 Å². The van der Waals surface area contributed by atoms with Crippen LogP contribution in [0, 0.1) is 0 Å². The van der Waals surface area contributed by atoms with Gasteiger partial charge in [-0.15, -0.1) is 0 Å². The van der Waals surface area contributed by atoms with Crippen molar-refractivity contribution in [3.05, 3.63) is 24.0 Å². The molecule has 0 saturated carbocycles. The molecule has 0 spiro atoms. The minimum absolute atomic E-state index is 0.00612. The van der Waals surface area contributed by atoms with Crippen molar-refractivity contribution >= 4 is 11.8 Å². The molecule has 0 bridgehead atoms. The molecule has 16 heavy (non-hydrogen) atoms. The average Bonchev–Trinajstić information content (AvgIpc) is 2.24. The van der Waals surface area contributed by atoms with E-state index in [1.54, 1.807) is 12.1 Å². The highest BCUT2D eigenvalue weighted by molar-refractivity contribution is 8.00. The normalized spacial score (nSPS) is 11.5. The average molecular weight is 252 g/mol. The fourth-order valence-corrected chi connectivity index (χ4v) is 1.33. The predicted molar refractivity (Wildman–Crippen MR) is 56.1 cm³/mol. The van der Waals surface area contributed by atoms with Crippen LogP contribution in [0.4, 0.5) is 13.2 Å². The fourth-order valence-electron chi connectivity index (χ4n) is 0.934. The van der Waals surface area contributed by atoms with Crippen LogP contribution in [0.25, 0.3) is 0 Å². The van der Waals surface area contributed by atoms with Crippen molar-refractivity contribution in [1.82, 2.24) is 4.98 Å². The number of nitrogens with two attached hydrogens (primary N) is 1. The standard InChI is InChI=1S/C9H11F3N2OS/c10-9(11,12)16-4-3-15-8-2-1-7(5-13)14-6-8/h1-2,6H,3-5,13H2. The molecule has 0 aliphatic rings. The molecule has 0 atom stereocenters. The van der Waals surface area contributed by atoms with Gasteiger partial charge in [0, 0.05) is 12.3 Å². The van der Waals surface area contributed by atoms with Crippen molar-refractivity contribution in [3.8, 4) is 5.75 Å². The number of alkyl halides is 3. The van der Waals surface area contributed by atoms with Gasteiger partial charge in [0.05, 0.1) is 18.5 Å². The molecule has 2 N–H and O–H groups in total. The monoisotopic (exact) mass is 252 g/mol. The Labute approximate surface area is 95.2 Å². The number of nitrogens with zero attached hydrogens (tertiary/aromatic N) is 1. The molecule has 7 heteroatoms. The van der Waals surface area contributed by atoms with Gasteiger partial charge < -0.3 is 10.5 Å². The Balaban J connectivity index is 2.27. The second-order valence-corrected chi connectivity index (χ2v) is 3.99. The van der Waals surface area contributed by atoms with E-state index in [0.29, 0.717) is 18.0 Å². The zero-order chi connectivity index (χ0) is 12.0. The number of ether oxygens (including phenoxy) is 1. The van der Waals surface area contributed by atoms with Crippen LogP contribution in [-0.4, -0.2) is 22.9 Å². The molecule has 0 amide bonds. The molecule has 0 radical (unpaired) electrons. The van der Waals surface area contributed by atoms with Crippen LogP contribution in [0.5, 0.6) is 5.75 Å². The van der Waals surface area contributed by atoms with Crippen molar-refractivity contribution in [2.75, 3.05) is 12.4 Å². The Hall–Kier alpha value is -0.950. The van der Waals surface area contributed by atoms with E-state index in [9.17, 15) is 13.2 Å². The van der Waals surface area contributed by atoms with Crippen LogP contribution in [-0.2, 0) is 6.54 Å². The van der Waals surface area contributed by atoms with Gasteiger partial charge in [-0.05, 0) is 23.9 Å². The number of thioether (sulfide) groups is 1. The van der Waals surface area contributed by atoms with Crippen LogP contribution in [0.1, 0.15) is 5.69 Å². The summed E-state index contributed by atoms with van der Waals surface area (Å²) < 4.78 is 40.4. The largest absolute Gasteiger partial charge is 0.491 e. The molecule has 0 aromatic carbocycles. The topological polar surface area (TPSA) is 48.1 Å². The van der Waals surface area contributed by atoms with E-state index in [1.165, 1.54) is 6.20 Å².